The number of piperazine rings is 1. The lowest BCUT2D eigenvalue weighted by atomic mass is 10.2. The first kappa shape index (κ1) is 13.9. The molecule has 0 radical (unpaired) electrons. The number of thiophene rings is 1. The lowest BCUT2D eigenvalue weighted by Gasteiger charge is -2.36. The van der Waals surface area contributed by atoms with Crippen LogP contribution in [0.3, 0.4) is 0 Å². The van der Waals surface area contributed by atoms with E-state index in [4.69, 9.17) is 4.74 Å². The molecule has 5 heteroatoms. The molecule has 0 atom stereocenters. The van der Waals surface area contributed by atoms with Crippen LogP contribution in [-0.2, 0) is 0 Å². The number of hydrogen-bond donors (Lipinski definition) is 0. The first-order chi connectivity index (χ1) is 10.3. The SMILES string of the molecule is COc1ccc(N2CCN(c3ccc(C=O)s3)CC2)cc1. The van der Waals surface area contributed by atoms with Crippen LogP contribution in [0.15, 0.2) is 36.4 Å². The summed E-state index contributed by atoms with van der Waals surface area (Å²) in [6.07, 6.45) is 0.918. The summed E-state index contributed by atoms with van der Waals surface area (Å²) in [5.41, 5.74) is 1.23. The molecule has 4 nitrogen and oxygen atoms in total. The minimum atomic E-state index is 0.794. The zero-order chi connectivity index (χ0) is 14.7. The number of benzene rings is 1. The minimum absolute atomic E-state index is 0.794. The Hall–Kier alpha value is -2.01. The van der Waals surface area contributed by atoms with E-state index in [9.17, 15) is 4.79 Å². The van der Waals surface area contributed by atoms with Gasteiger partial charge in [-0.05, 0) is 36.4 Å². The third-order valence-corrected chi connectivity index (χ3v) is 4.83. The molecule has 0 spiro atoms. The van der Waals surface area contributed by atoms with Crippen LogP contribution in [0.4, 0.5) is 10.7 Å². The van der Waals surface area contributed by atoms with E-state index in [1.807, 2.05) is 24.3 Å². The van der Waals surface area contributed by atoms with E-state index in [1.165, 1.54) is 10.7 Å². The summed E-state index contributed by atoms with van der Waals surface area (Å²) < 4.78 is 5.19. The molecule has 1 fully saturated rings. The number of aldehydes is 1. The summed E-state index contributed by atoms with van der Waals surface area (Å²) in [6, 6.07) is 12.1. The van der Waals surface area contributed by atoms with Gasteiger partial charge in [-0.2, -0.15) is 0 Å². The lowest BCUT2D eigenvalue weighted by Crippen LogP contribution is -2.46. The van der Waals surface area contributed by atoms with Crippen molar-refractivity contribution in [3.63, 3.8) is 0 Å². The summed E-state index contributed by atoms with van der Waals surface area (Å²) in [4.78, 5) is 16.3. The van der Waals surface area contributed by atoms with Gasteiger partial charge in [-0.3, -0.25) is 4.79 Å². The summed E-state index contributed by atoms with van der Waals surface area (Å²) in [5.74, 6) is 0.886. The second-order valence-electron chi connectivity index (χ2n) is 4.97. The fraction of sp³-hybridized carbons (Fsp3) is 0.312. The maximum atomic E-state index is 10.8. The molecule has 0 saturated carbocycles. The van der Waals surface area contributed by atoms with E-state index >= 15 is 0 Å². The van der Waals surface area contributed by atoms with Crippen LogP contribution in [0.5, 0.6) is 5.75 Å². The fourth-order valence-electron chi connectivity index (χ4n) is 2.55. The highest BCUT2D eigenvalue weighted by atomic mass is 32.1. The predicted octanol–water partition coefficient (Wildman–Crippen LogP) is 2.90. The van der Waals surface area contributed by atoms with Crippen molar-refractivity contribution in [3.05, 3.63) is 41.3 Å². The van der Waals surface area contributed by atoms with E-state index in [0.29, 0.717) is 0 Å². The van der Waals surface area contributed by atoms with Crippen molar-refractivity contribution in [1.29, 1.82) is 0 Å². The number of nitrogens with zero attached hydrogens (tertiary/aromatic N) is 2. The number of carbonyl (C=O) groups excluding carboxylic acids is 1. The standard InChI is InChI=1S/C16H18N2O2S/c1-20-14-4-2-13(3-5-14)17-8-10-18(11-9-17)16-7-6-15(12-19)21-16/h2-7,12H,8-11H2,1H3. The Morgan fingerprint density at radius 1 is 1.00 bits per heavy atom. The fourth-order valence-corrected chi connectivity index (χ4v) is 3.43. The lowest BCUT2D eigenvalue weighted by molar-refractivity contribution is 0.112. The van der Waals surface area contributed by atoms with Gasteiger partial charge in [-0.25, -0.2) is 0 Å². The Balaban J connectivity index is 1.62. The third kappa shape index (κ3) is 3.03. The molecule has 2 heterocycles. The topological polar surface area (TPSA) is 32.8 Å². The highest BCUT2D eigenvalue weighted by molar-refractivity contribution is 7.17. The van der Waals surface area contributed by atoms with E-state index in [-0.39, 0.29) is 0 Å². The molecule has 1 saturated heterocycles. The van der Waals surface area contributed by atoms with Gasteiger partial charge in [0.2, 0.25) is 0 Å². The zero-order valence-electron chi connectivity index (χ0n) is 12.0. The summed E-state index contributed by atoms with van der Waals surface area (Å²) >= 11 is 1.56. The van der Waals surface area contributed by atoms with Gasteiger partial charge in [-0.1, -0.05) is 0 Å². The van der Waals surface area contributed by atoms with Gasteiger partial charge in [0, 0.05) is 31.9 Å². The maximum absolute atomic E-state index is 10.8. The molecule has 1 aromatic carbocycles. The van der Waals surface area contributed by atoms with Crippen LogP contribution >= 0.6 is 11.3 Å². The molecule has 1 aliphatic heterocycles. The van der Waals surface area contributed by atoms with Crippen LogP contribution in [0.1, 0.15) is 9.67 Å². The van der Waals surface area contributed by atoms with Gasteiger partial charge < -0.3 is 14.5 Å². The number of methoxy groups -OCH3 is 1. The monoisotopic (exact) mass is 302 g/mol. The zero-order valence-corrected chi connectivity index (χ0v) is 12.8. The average molecular weight is 302 g/mol. The minimum Gasteiger partial charge on any atom is -0.497 e. The highest BCUT2D eigenvalue weighted by Crippen LogP contribution is 2.27. The molecule has 1 aliphatic rings. The third-order valence-electron chi connectivity index (χ3n) is 3.76. The van der Waals surface area contributed by atoms with Crippen LogP contribution < -0.4 is 14.5 Å². The Labute approximate surface area is 128 Å². The molecule has 0 amide bonds. The van der Waals surface area contributed by atoms with Crippen molar-refractivity contribution in [1.82, 2.24) is 0 Å². The number of rotatable bonds is 4. The van der Waals surface area contributed by atoms with Crippen LogP contribution in [0, 0.1) is 0 Å². The summed E-state index contributed by atoms with van der Waals surface area (Å²) in [7, 11) is 1.68. The normalized spacial score (nSPS) is 15.1. The van der Waals surface area contributed by atoms with Crippen LogP contribution in [0.2, 0.25) is 0 Å². The quantitative estimate of drug-likeness (QED) is 0.813. The molecule has 1 aromatic heterocycles. The van der Waals surface area contributed by atoms with Crippen molar-refractivity contribution in [3.8, 4) is 5.75 Å². The van der Waals surface area contributed by atoms with E-state index < -0.39 is 0 Å². The van der Waals surface area contributed by atoms with Gasteiger partial charge in [0.1, 0.15) is 5.75 Å². The smallest absolute Gasteiger partial charge is 0.160 e. The molecule has 3 rings (SSSR count). The van der Waals surface area contributed by atoms with Gasteiger partial charge >= 0.3 is 0 Å². The molecule has 0 unspecified atom stereocenters. The molecular formula is C16H18N2O2S. The predicted molar refractivity (Wildman–Crippen MR) is 87.1 cm³/mol. The van der Waals surface area contributed by atoms with E-state index in [1.54, 1.807) is 18.4 Å². The molecule has 21 heavy (non-hydrogen) atoms. The van der Waals surface area contributed by atoms with Gasteiger partial charge in [-0.15, -0.1) is 11.3 Å². The van der Waals surface area contributed by atoms with E-state index in [2.05, 4.69) is 21.9 Å². The first-order valence-corrected chi connectivity index (χ1v) is 7.81. The number of anilines is 2. The molecule has 2 aromatic rings. The van der Waals surface area contributed by atoms with Crippen molar-refractivity contribution in [2.24, 2.45) is 0 Å². The second-order valence-corrected chi connectivity index (χ2v) is 6.06. The van der Waals surface area contributed by atoms with Crippen molar-refractivity contribution < 1.29 is 9.53 Å². The van der Waals surface area contributed by atoms with Crippen LogP contribution in [0.25, 0.3) is 0 Å². The first-order valence-electron chi connectivity index (χ1n) is 6.99. The van der Waals surface area contributed by atoms with Gasteiger partial charge in [0.15, 0.2) is 6.29 Å². The molecule has 0 aliphatic carbocycles. The maximum Gasteiger partial charge on any atom is 0.160 e. The second kappa shape index (κ2) is 6.18. The molecule has 0 N–H and O–H groups in total. The summed E-state index contributed by atoms with van der Waals surface area (Å²) in [5, 5.41) is 1.19. The number of hydrogen-bond acceptors (Lipinski definition) is 5. The van der Waals surface area contributed by atoms with E-state index in [0.717, 1.165) is 43.1 Å². The molecular weight excluding hydrogens is 284 g/mol. The van der Waals surface area contributed by atoms with Crippen molar-refractivity contribution >= 4 is 28.3 Å². The largest absolute Gasteiger partial charge is 0.497 e. The number of ether oxygens (including phenoxy) is 1. The van der Waals surface area contributed by atoms with Crippen molar-refractivity contribution in [2.45, 2.75) is 0 Å². The van der Waals surface area contributed by atoms with Gasteiger partial charge in [0.05, 0.1) is 17.0 Å². The Morgan fingerprint density at radius 3 is 2.24 bits per heavy atom. The average Bonchev–Trinajstić information content (AvgIpc) is 3.04. The number of carbonyl (C=O) groups is 1. The highest BCUT2D eigenvalue weighted by Gasteiger charge is 2.18. The summed E-state index contributed by atoms with van der Waals surface area (Å²) in [6.45, 7) is 3.93. The van der Waals surface area contributed by atoms with Crippen molar-refractivity contribution in [2.75, 3.05) is 43.1 Å². The van der Waals surface area contributed by atoms with Gasteiger partial charge in [0.25, 0.3) is 0 Å². The van der Waals surface area contributed by atoms with Crippen LogP contribution in [-0.4, -0.2) is 39.6 Å². The Kier molecular flexibility index (Phi) is 4.10. The Bertz CT molecular complexity index is 601. The molecule has 110 valence electrons. The molecule has 0 bridgehead atoms. The Morgan fingerprint density at radius 2 is 1.67 bits per heavy atom.